The quantitative estimate of drug-likeness (QED) is 0.876. The summed E-state index contributed by atoms with van der Waals surface area (Å²) in [4.78, 5) is 15.2. The molecule has 0 radical (unpaired) electrons. The highest BCUT2D eigenvalue weighted by Crippen LogP contribution is 2.11. The van der Waals surface area contributed by atoms with Gasteiger partial charge in [0.05, 0.1) is 35.8 Å². The van der Waals surface area contributed by atoms with Crippen molar-refractivity contribution in [3.05, 3.63) is 34.7 Å². The summed E-state index contributed by atoms with van der Waals surface area (Å²) >= 11 is 1.61. The maximum Gasteiger partial charge on any atom is 0.147 e. The number of nitrogens with zero attached hydrogens (tertiary/aromatic N) is 4. The summed E-state index contributed by atoms with van der Waals surface area (Å²) in [5.41, 5.74) is 3.86. The molecule has 0 spiro atoms. The summed E-state index contributed by atoms with van der Waals surface area (Å²) in [6.45, 7) is 5.73. The minimum absolute atomic E-state index is 0.453. The molecule has 0 aliphatic rings. The van der Waals surface area contributed by atoms with Crippen molar-refractivity contribution in [2.45, 2.75) is 33.0 Å². The van der Waals surface area contributed by atoms with E-state index in [0.717, 1.165) is 30.3 Å². The van der Waals surface area contributed by atoms with E-state index < -0.39 is 0 Å². The Labute approximate surface area is 117 Å². The zero-order valence-electron chi connectivity index (χ0n) is 11.5. The molecule has 0 bridgehead atoms. The Morgan fingerprint density at radius 2 is 2.05 bits per heavy atom. The van der Waals surface area contributed by atoms with E-state index in [2.05, 4.69) is 34.1 Å². The van der Waals surface area contributed by atoms with E-state index in [1.165, 1.54) is 0 Å². The van der Waals surface area contributed by atoms with Crippen LogP contribution in [0.15, 0.2) is 23.3 Å². The Morgan fingerprint density at radius 1 is 1.21 bits per heavy atom. The maximum absolute atomic E-state index is 4.44. The molecule has 2 heterocycles. The number of anilines is 1. The van der Waals surface area contributed by atoms with Gasteiger partial charge in [0.15, 0.2) is 0 Å². The third-order valence-electron chi connectivity index (χ3n) is 2.66. The molecule has 19 heavy (non-hydrogen) atoms. The van der Waals surface area contributed by atoms with Gasteiger partial charge < -0.3 is 10.2 Å². The van der Waals surface area contributed by atoms with E-state index in [1.807, 2.05) is 35.2 Å². The third kappa shape index (κ3) is 4.25. The van der Waals surface area contributed by atoms with Gasteiger partial charge in [0.2, 0.25) is 0 Å². The van der Waals surface area contributed by atoms with Gasteiger partial charge in [-0.1, -0.05) is 13.8 Å². The molecule has 0 amide bonds. The van der Waals surface area contributed by atoms with Gasteiger partial charge >= 0.3 is 0 Å². The number of hydrogen-bond donors (Lipinski definition) is 1. The average molecular weight is 277 g/mol. The molecule has 6 heteroatoms. The first kappa shape index (κ1) is 13.9. The van der Waals surface area contributed by atoms with E-state index in [0.29, 0.717) is 6.04 Å². The second-order valence-electron chi connectivity index (χ2n) is 4.74. The summed E-state index contributed by atoms with van der Waals surface area (Å²) in [6.07, 6.45) is 3.63. The second kappa shape index (κ2) is 6.58. The molecule has 0 saturated carbocycles. The lowest BCUT2D eigenvalue weighted by Crippen LogP contribution is -2.23. The first-order valence-electron chi connectivity index (χ1n) is 6.27. The smallest absolute Gasteiger partial charge is 0.147 e. The topological polar surface area (TPSA) is 53.9 Å². The predicted octanol–water partition coefficient (Wildman–Crippen LogP) is 2.07. The van der Waals surface area contributed by atoms with Crippen LogP contribution in [0.2, 0.25) is 0 Å². The monoisotopic (exact) mass is 277 g/mol. The molecule has 0 atom stereocenters. The van der Waals surface area contributed by atoms with Crippen LogP contribution in [0.3, 0.4) is 0 Å². The summed E-state index contributed by atoms with van der Waals surface area (Å²) in [5, 5.41) is 5.37. The number of nitrogens with one attached hydrogen (secondary N) is 1. The lowest BCUT2D eigenvalue weighted by Gasteiger charge is -2.16. The van der Waals surface area contributed by atoms with Crippen LogP contribution < -0.4 is 10.2 Å². The summed E-state index contributed by atoms with van der Waals surface area (Å²) in [7, 11) is 2.00. The van der Waals surface area contributed by atoms with Crippen LogP contribution >= 0.6 is 11.3 Å². The summed E-state index contributed by atoms with van der Waals surface area (Å²) in [6, 6.07) is 0.453. The fourth-order valence-electron chi connectivity index (χ4n) is 1.58. The van der Waals surface area contributed by atoms with Crippen molar-refractivity contribution in [1.29, 1.82) is 0 Å². The molecular formula is C13H19N5S. The molecule has 102 valence electrons. The Kier molecular flexibility index (Phi) is 4.81. The fraction of sp³-hybridized carbons (Fsp3) is 0.462. The van der Waals surface area contributed by atoms with Crippen LogP contribution in [0.25, 0.3) is 0 Å². The molecule has 1 N–H and O–H groups in total. The Morgan fingerprint density at radius 3 is 2.63 bits per heavy atom. The average Bonchev–Trinajstić information content (AvgIpc) is 2.89. The number of rotatable bonds is 6. The maximum atomic E-state index is 4.44. The zero-order chi connectivity index (χ0) is 13.7. The van der Waals surface area contributed by atoms with Crippen molar-refractivity contribution in [2.24, 2.45) is 0 Å². The van der Waals surface area contributed by atoms with Gasteiger partial charge in [-0.2, -0.15) is 0 Å². The molecule has 0 unspecified atom stereocenters. The van der Waals surface area contributed by atoms with Crippen molar-refractivity contribution in [1.82, 2.24) is 20.3 Å². The highest BCUT2D eigenvalue weighted by Gasteiger charge is 2.06. The van der Waals surface area contributed by atoms with Crippen LogP contribution in [-0.2, 0) is 13.1 Å². The Bertz CT molecular complexity index is 480. The highest BCUT2D eigenvalue weighted by molar-refractivity contribution is 7.07. The van der Waals surface area contributed by atoms with Crippen LogP contribution in [0.5, 0.6) is 0 Å². The van der Waals surface area contributed by atoms with Gasteiger partial charge in [-0.15, -0.1) is 11.3 Å². The van der Waals surface area contributed by atoms with Gasteiger partial charge in [0.25, 0.3) is 0 Å². The molecule has 2 rings (SSSR count). The molecular weight excluding hydrogens is 258 g/mol. The molecule has 0 fully saturated rings. The third-order valence-corrected chi connectivity index (χ3v) is 3.29. The lowest BCUT2D eigenvalue weighted by molar-refractivity contribution is 0.580. The molecule has 0 aliphatic carbocycles. The molecule has 0 saturated heterocycles. The van der Waals surface area contributed by atoms with Crippen LogP contribution in [0.1, 0.15) is 25.2 Å². The van der Waals surface area contributed by atoms with E-state index in [-0.39, 0.29) is 0 Å². The number of aromatic nitrogens is 3. The SMILES string of the molecule is CC(C)NCc1cnc(N(C)Cc2cscn2)cn1. The van der Waals surface area contributed by atoms with Crippen LogP contribution in [0.4, 0.5) is 5.82 Å². The van der Waals surface area contributed by atoms with E-state index in [9.17, 15) is 0 Å². The summed E-state index contributed by atoms with van der Waals surface area (Å²) in [5.74, 6) is 0.862. The standard InChI is InChI=1S/C13H19N5S/c1-10(2)14-4-11-5-16-13(6-15-11)18(3)7-12-8-19-9-17-12/h5-6,8-10,14H,4,7H2,1-3H3. The van der Waals surface area contributed by atoms with Crippen LogP contribution in [-0.4, -0.2) is 28.0 Å². The molecule has 2 aromatic rings. The lowest BCUT2D eigenvalue weighted by atomic mass is 10.3. The van der Waals surface area contributed by atoms with Crippen LogP contribution in [0, 0.1) is 0 Å². The fourth-order valence-corrected chi connectivity index (χ4v) is 2.13. The minimum Gasteiger partial charge on any atom is -0.352 e. The van der Waals surface area contributed by atoms with Gasteiger partial charge in [-0.3, -0.25) is 4.98 Å². The second-order valence-corrected chi connectivity index (χ2v) is 5.46. The molecule has 2 aromatic heterocycles. The van der Waals surface area contributed by atoms with Gasteiger partial charge in [0, 0.05) is 25.0 Å². The first-order valence-corrected chi connectivity index (χ1v) is 7.22. The normalized spacial score (nSPS) is 10.9. The zero-order valence-corrected chi connectivity index (χ0v) is 12.3. The largest absolute Gasteiger partial charge is 0.352 e. The Balaban J connectivity index is 1.93. The Hall–Kier alpha value is -1.53. The summed E-state index contributed by atoms with van der Waals surface area (Å²) < 4.78 is 0. The van der Waals surface area contributed by atoms with Crippen molar-refractivity contribution >= 4 is 17.2 Å². The molecule has 0 aliphatic heterocycles. The van der Waals surface area contributed by atoms with E-state index >= 15 is 0 Å². The van der Waals surface area contributed by atoms with E-state index in [1.54, 1.807) is 11.3 Å². The van der Waals surface area contributed by atoms with Crippen molar-refractivity contribution in [2.75, 3.05) is 11.9 Å². The van der Waals surface area contributed by atoms with Gasteiger partial charge in [-0.25, -0.2) is 9.97 Å². The number of hydrogen-bond acceptors (Lipinski definition) is 6. The van der Waals surface area contributed by atoms with Crippen molar-refractivity contribution in [3.8, 4) is 0 Å². The molecule has 0 aromatic carbocycles. The minimum atomic E-state index is 0.453. The van der Waals surface area contributed by atoms with Gasteiger partial charge in [0.1, 0.15) is 5.82 Å². The highest BCUT2D eigenvalue weighted by atomic mass is 32.1. The van der Waals surface area contributed by atoms with Crippen molar-refractivity contribution in [3.63, 3.8) is 0 Å². The number of thiazole rings is 1. The first-order chi connectivity index (χ1) is 9.15. The predicted molar refractivity (Wildman–Crippen MR) is 78.2 cm³/mol. The van der Waals surface area contributed by atoms with Crippen molar-refractivity contribution < 1.29 is 0 Å². The van der Waals surface area contributed by atoms with E-state index in [4.69, 9.17) is 0 Å². The molecule has 5 nitrogen and oxygen atoms in total. The van der Waals surface area contributed by atoms with Gasteiger partial charge in [-0.05, 0) is 0 Å².